The number of benzene rings is 1. The van der Waals surface area contributed by atoms with Crippen LogP contribution in [0.3, 0.4) is 0 Å². The van der Waals surface area contributed by atoms with Gasteiger partial charge < -0.3 is 4.74 Å². The maximum absolute atomic E-state index is 5.66. The van der Waals surface area contributed by atoms with Crippen molar-refractivity contribution in [2.24, 2.45) is 0 Å². The normalized spacial score (nSPS) is 12.9. The molecule has 1 aromatic carbocycles. The van der Waals surface area contributed by atoms with Gasteiger partial charge in [-0.2, -0.15) is 0 Å². The van der Waals surface area contributed by atoms with Crippen molar-refractivity contribution in [2.75, 3.05) is 7.11 Å². The van der Waals surface area contributed by atoms with Crippen LogP contribution >= 0.6 is 11.6 Å². The maximum atomic E-state index is 5.66. The van der Waals surface area contributed by atoms with Crippen LogP contribution in [-0.2, 0) is 10.6 Å². The minimum absolute atomic E-state index is 0.161. The van der Waals surface area contributed by atoms with Gasteiger partial charge in [-0.25, -0.2) is 0 Å². The van der Waals surface area contributed by atoms with Gasteiger partial charge >= 0.3 is 0 Å². The Bertz CT molecular complexity index is 230. The molecule has 0 fully saturated rings. The molecule has 1 nitrogen and oxygen atoms in total. The van der Waals surface area contributed by atoms with Crippen molar-refractivity contribution in [2.45, 2.75) is 18.9 Å². The molecule has 0 saturated carbocycles. The van der Waals surface area contributed by atoms with E-state index in [1.165, 1.54) is 5.56 Å². The molecule has 1 atom stereocenters. The molecule has 0 amide bonds. The van der Waals surface area contributed by atoms with Crippen LogP contribution in [0, 0.1) is 0 Å². The van der Waals surface area contributed by atoms with E-state index in [4.69, 9.17) is 16.3 Å². The fraction of sp³-hybridized carbons (Fsp3) is 0.400. The molecule has 0 unspecified atom stereocenters. The largest absolute Gasteiger partial charge is 0.377 e. The van der Waals surface area contributed by atoms with Crippen molar-refractivity contribution >= 4 is 11.6 Å². The third-order valence-electron chi connectivity index (χ3n) is 1.96. The smallest absolute Gasteiger partial charge is 0.0793 e. The van der Waals surface area contributed by atoms with Crippen LogP contribution in [0.5, 0.6) is 0 Å². The zero-order valence-electron chi connectivity index (χ0n) is 7.38. The lowest BCUT2D eigenvalue weighted by atomic mass is 10.1. The van der Waals surface area contributed by atoms with E-state index in [1.807, 2.05) is 31.2 Å². The lowest BCUT2D eigenvalue weighted by molar-refractivity contribution is 0.119. The molecule has 0 bridgehead atoms. The Morgan fingerprint density at radius 1 is 1.33 bits per heavy atom. The summed E-state index contributed by atoms with van der Waals surface area (Å²) in [5.41, 5.74) is 2.33. The van der Waals surface area contributed by atoms with Crippen LogP contribution in [0.2, 0.25) is 0 Å². The zero-order chi connectivity index (χ0) is 8.97. The highest BCUT2D eigenvalue weighted by Crippen LogP contribution is 2.16. The molecule has 0 N–H and O–H groups in total. The molecule has 66 valence electrons. The van der Waals surface area contributed by atoms with E-state index in [0.29, 0.717) is 5.88 Å². The van der Waals surface area contributed by atoms with Crippen LogP contribution in [-0.4, -0.2) is 7.11 Å². The molecular formula is C10H13ClO. The number of hydrogen-bond donors (Lipinski definition) is 0. The predicted molar refractivity (Wildman–Crippen MR) is 51.4 cm³/mol. The van der Waals surface area contributed by atoms with Gasteiger partial charge in [-0.05, 0) is 18.1 Å². The average molecular weight is 185 g/mol. The third-order valence-corrected chi connectivity index (χ3v) is 2.27. The molecule has 12 heavy (non-hydrogen) atoms. The van der Waals surface area contributed by atoms with E-state index < -0.39 is 0 Å². The van der Waals surface area contributed by atoms with Gasteiger partial charge in [0, 0.05) is 13.0 Å². The van der Waals surface area contributed by atoms with Gasteiger partial charge in [-0.3, -0.25) is 0 Å². The summed E-state index contributed by atoms with van der Waals surface area (Å²) >= 11 is 5.66. The second-order valence-electron chi connectivity index (χ2n) is 2.75. The van der Waals surface area contributed by atoms with Crippen LogP contribution < -0.4 is 0 Å². The highest BCUT2D eigenvalue weighted by Gasteiger charge is 2.01. The summed E-state index contributed by atoms with van der Waals surface area (Å²) in [4.78, 5) is 0. The summed E-state index contributed by atoms with van der Waals surface area (Å²) in [5, 5.41) is 0. The van der Waals surface area contributed by atoms with Crippen molar-refractivity contribution in [3.05, 3.63) is 35.4 Å². The molecule has 0 aliphatic rings. The Labute approximate surface area is 78.3 Å². The summed E-state index contributed by atoms with van der Waals surface area (Å²) in [6.07, 6.45) is 0.161. The van der Waals surface area contributed by atoms with Crippen LogP contribution in [0.4, 0.5) is 0 Å². The van der Waals surface area contributed by atoms with Crippen molar-refractivity contribution in [3.8, 4) is 0 Å². The molecule has 1 aromatic rings. The van der Waals surface area contributed by atoms with E-state index >= 15 is 0 Å². The van der Waals surface area contributed by atoms with Crippen LogP contribution in [0.1, 0.15) is 24.2 Å². The SMILES string of the molecule is CO[C@@H](C)c1ccc(CCl)cc1. The first kappa shape index (κ1) is 9.56. The molecule has 2 heteroatoms. The molecule has 1 rings (SSSR count). The first-order chi connectivity index (χ1) is 5.77. The van der Waals surface area contributed by atoms with E-state index in [2.05, 4.69) is 0 Å². The van der Waals surface area contributed by atoms with Crippen LogP contribution in [0.25, 0.3) is 0 Å². The monoisotopic (exact) mass is 184 g/mol. The van der Waals surface area contributed by atoms with E-state index in [9.17, 15) is 0 Å². The Hall–Kier alpha value is -0.530. The highest BCUT2D eigenvalue weighted by molar-refractivity contribution is 6.17. The van der Waals surface area contributed by atoms with E-state index in [-0.39, 0.29) is 6.10 Å². The number of rotatable bonds is 3. The third kappa shape index (κ3) is 2.23. The first-order valence-corrected chi connectivity index (χ1v) is 4.49. The average Bonchev–Trinajstić information content (AvgIpc) is 2.17. The number of hydrogen-bond acceptors (Lipinski definition) is 1. The second-order valence-corrected chi connectivity index (χ2v) is 3.02. The number of alkyl halides is 1. The molecular weight excluding hydrogens is 172 g/mol. The van der Waals surface area contributed by atoms with Crippen molar-refractivity contribution in [1.82, 2.24) is 0 Å². The Morgan fingerprint density at radius 3 is 2.33 bits per heavy atom. The molecule has 0 saturated heterocycles. The van der Waals surface area contributed by atoms with Gasteiger partial charge in [0.15, 0.2) is 0 Å². The summed E-state index contributed by atoms with van der Waals surface area (Å²) in [7, 11) is 1.71. The first-order valence-electron chi connectivity index (χ1n) is 3.95. The lowest BCUT2D eigenvalue weighted by Gasteiger charge is -2.09. The standard InChI is InChI=1S/C10H13ClO/c1-8(12-2)10-5-3-9(7-11)4-6-10/h3-6,8H,7H2,1-2H3/t8-/m0/s1. The number of ether oxygens (including phenoxy) is 1. The number of methoxy groups -OCH3 is 1. The maximum Gasteiger partial charge on any atom is 0.0793 e. The van der Waals surface area contributed by atoms with Gasteiger partial charge in [0.05, 0.1) is 6.10 Å². The summed E-state index contributed by atoms with van der Waals surface area (Å²) in [6.45, 7) is 2.02. The topological polar surface area (TPSA) is 9.23 Å². The van der Waals surface area contributed by atoms with Crippen molar-refractivity contribution < 1.29 is 4.74 Å². The van der Waals surface area contributed by atoms with Crippen molar-refractivity contribution in [3.63, 3.8) is 0 Å². The minimum atomic E-state index is 0.161. The molecule has 0 aliphatic carbocycles. The molecule has 0 spiro atoms. The molecule has 0 heterocycles. The van der Waals surface area contributed by atoms with Gasteiger partial charge in [-0.1, -0.05) is 24.3 Å². The summed E-state index contributed by atoms with van der Waals surface area (Å²) < 4.78 is 5.18. The van der Waals surface area contributed by atoms with Gasteiger partial charge in [-0.15, -0.1) is 11.6 Å². The minimum Gasteiger partial charge on any atom is -0.377 e. The number of halogens is 1. The fourth-order valence-electron chi connectivity index (χ4n) is 1.01. The quantitative estimate of drug-likeness (QED) is 0.656. The Balaban J connectivity index is 2.77. The molecule has 0 aromatic heterocycles. The van der Waals surface area contributed by atoms with Gasteiger partial charge in [0.25, 0.3) is 0 Å². The Morgan fingerprint density at radius 2 is 1.92 bits per heavy atom. The van der Waals surface area contributed by atoms with Gasteiger partial charge in [0.2, 0.25) is 0 Å². The highest BCUT2D eigenvalue weighted by atomic mass is 35.5. The van der Waals surface area contributed by atoms with Gasteiger partial charge in [0.1, 0.15) is 0 Å². The molecule has 0 radical (unpaired) electrons. The lowest BCUT2D eigenvalue weighted by Crippen LogP contribution is -1.95. The second kappa shape index (κ2) is 4.48. The summed E-state index contributed by atoms with van der Waals surface area (Å²) in [5.74, 6) is 0.571. The van der Waals surface area contributed by atoms with E-state index in [1.54, 1.807) is 7.11 Å². The Kier molecular flexibility index (Phi) is 3.57. The summed E-state index contributed by atoms with van der Waals surface area (Å²) in [6, 6.07) is 8.15. The van der Waals surface area contributed by atoms with E-state index in [0.717, 1.165) is 5.56 Å². The van der Waals surface area contributed by atoms with Crippen molar-refractivity contribution in [1.29, 1.82) is 0 Å². The zero-order valence-corrected chi connectivity index (χ0v) is 8.14. The van der Waals surface area contributed by atoms with Crippen LogP contribution in [0.15, 0.2) is 24.3 Å². The predicted octanol–water partition coefficient (Wildman–Crippen LogP) is 3.13. The fourth-order valence-corrected chi connectivity index (χ4v) is 1.19. The molecule has 0 aliphatic heterocycles.